The van der Waals surface area contributed by atoms with Crippen LogP contribution in [0.5, 0.6) is 0 Å². The van der Waals surface area contributed by atoms with Crippen molar-refractivity contribution in [3.05, 3.63) is 89.4 Å². The van der Waals surface area contributed by atoms with Gasteiger partial charge in [0, 0.05) is 28.7 Å². The lowest BCUT2D eigenvalue weighted by atomic mass is 10.1. The van der Waals surface area contributed by atoms with Crippen molar-refractivity contribution in [2.75, 3.05) is 0 Å². The molecule has 5 rings (SSSR count). The van der Waals surface area contributed by atoms with E-state index in [1.54, 1.807) is 12.3 Å². The van der Waals surface area contributed by atoms with Crippen LogP contribution in [0.25, 0.3) is 39.3 Å². The maximum Gasteiger partial charge on any atom is 0.149 e. The van der Waals surface area contributed by atoms with Crippen LogP contribution in [0.3, 0.4) is 0 Å². The molecule has 0 saturated carbocycles. The average molecular weight is 407 g/mol. The van der Waals surface area contributed by atoms with Crippen LogP contribution >= 0.6 is 0 Å². The number of hydrogen-bond donors (Lipinski definition) is 1. The van der Waals surface area contributed by atoms with E-state index in [1.807, 2.05) is 50.3 Å². The lowest BCUT2D eigenvalue weighted by Crippen LogP contribution is -1.99. The molecule has 0 amide bonds. The zero-order valence-corrected chi connectivity index (χ0v) is 17.0. The average Bonchev–Trinajstić information content (AvgIpc) is 3.31. The van der Waals surface area contributed by atoms with Crippen molar-refractivity contribution in [3.8, 4) is 11.8 Å². The maximum atomic E-state index is 13.5. The molecule has 0 bridgehead atoms. The minimum Gasteiger partial charge on any atom is -0.337 e. The Bertz CT molecular complexity index is 1530. The molecule has 2 aromatic carbocycles. The Kier molecular flexibility index (Phi) is 4.37. The molecule has 0 aliphatic rings. The second-order valence-electron chi connectivity index (χ2n) is 7.46. The van der Waals surface area contributed by atoms with Crippen molar-refractivity contribution in [3.63, 3.8) is 0 Å². The molecular weight excluding hydrogens is 389 g/mol. The normalized spacial score (nSPS) is 11.9. The summed E-state index contributed by atoms with van der Waals surface area (Å²) in [7, 11) is 0. The first-order valence-electron chi connectivity index (χ1n) is 9.85. The predicted molar refractivity (Wildman–Crippen MR) is 120 cm³/mol. The smallest absolute Gasteiger partial charge is 0.149 e. The Morgan fingerprint density at radius 1 is 1.10 bits per heavy atom. The van der Waals surface area contributed by atoms with E-state index in [-0.39, 0.29) is 5.82 Å². The molecule has 0 atom stereocenters. The second-order valence-corrected chi connectivity index (χ2v) is 7.46. The van der Waals surface area contributed by atoms with Crippen LogP contribution < -0.4 is 0 Å². The van der Waals surface area contributed by atoms with Gasteiger partial charge in [-0.3, -0.25) is 4.98 Å². The molecule has 5 nitrogen and oxygen atoms in total. The van der Waals surface area contributed by atoms with Crippen molar-refractivity contribution in [1.82, 2.24) is 19.5 Å². The van der Waals surface area contributed by atoms with E-state index < -0.39 is 0 Å². The first-order chi connectivity index (χ1) is 15.0. The van der Waals surface area contributed by atoms with E-state index in [9.17, 15) is 9.65 Å². The number of nitriles is 1. The summed E-state index contributed by atoms with van der Waals surface area (Å²) >= 11 is 0. The number of aromatic amines is 1. The van der Waals surface area contributed by atoms with Crippen LogP contribution in [0.2, 0.25) is 0 Å². The topological polar surface area (TPSA) is 70.3 Å². The number of imidazole rings is 1. The Morgan fingerprint density at radius 2 is 1.94 bits per heavy atom. The number of aromatic nitrogens is 4. The van der Waals surface area contributed by atoms with Gasteiger partial charge in [0.1, 0.15) is 17.7 Å². The summed E-state index contributed by atoms with van der Waals surface area (Å²) in [4.78, 5) is 11.9. The standard InChI is InChI=1S/C25H18FN5/c1-15-10-18(11-19(14-27)25-29-23-7-5-20(26)13-24(23)30-25)16(2)31(15)21-6-8-22-17(12-21)4-3-9-28-22/h3-13H,1-2H3,(H,29,30)/b19-11-. The fraction of sp³-hybridized carbons (Fsp3) is 0.0800. The zero-order chi connectivity index (χ0) is 21.5. The van der Waals surface area contributed by atoms with E-state index in [4.69, 9.17) is 0 Å². The molecular formula is C25H18FN5. The molecule has 3 heterocycles. The predicted octanol–water partition coefficient (Wildman–Crippen LogP) is 5.72. The van der Waals surface area contributed by atoms with Crippen molar-refractivity contribution in [1.29, 1.82) is 5.26 Å². The maximum absolute atomic E-state index is 13.5. The van der Waals surface area contributed by atoms with Gasteiger partial charge in [-0.1, -0.05) is 6.07 Å². The largest absolute Gasteiger partial charge is 0.337 e. The summed E-state index contributed by atoms with van der Waals surface area (Å²) in [5.74, 6) is 0.0731. The Balaban J connectivity index is 1.59. The number of nitrogens with one attached hydrogen (secondary N) is 1. The van der Waals surface area contributed by atoms with Gasteiger partial charge >= 0.3 is 0 Å². The van der Waals surface area contributed by atoms with Gasteiger partial charge in [0.05, 0.1) is 22.1 Å². The Morgan fingerprint density at radius 3 is 2.77 bits per heavy atom. The number of allylic oxidation sites excluding steroid dienone is 1. The van der Waals surface area contributed by atoms with Crippen molar-refractivity contribution in [2.24, 2.45) is 0 Å². The molecule has 0 aliphatic heterocycles. The summed E-state index contributed by atoms with van der Waals surface area (Å²) in [6.45, 7) is 4.06. The molecule has 0 aliphatic carbocycles. The summed E-state index contributed by atoms with van der Waals surface area (Å²) in [5, 5.41) is 10.8. The molecule has 5 aromatic rings. The van der Waals surface area contributed by atoms with Gasteiger partial charge in [-0.2, -0.15) is 5.26 Å². The SMILES string of the molecule is Cc1cc(/C=C(/C#N)c2nc3ccc(F)cc3[nH]2)c(C)n1-c1ccc2ncccc2c1. The molecule has 0 unspecified atom stereocenters. The summed E-state index contributed by atoms with van der Waals surface area (Å²) in [5.41, 5.74) is 6.53. The number of pyridine rings is 1. The highest BCUT2D eigenvalue weighted by atomic mass is 19.1. The van der Waals surface area contributed by atoms with E-state index in [2.05, 4.69) is 31.7 Å². The van der Waals surface area contributed by atoms with Crippen LogP contribution in [-0.4, -0.2) is 19.5 Å². The van der Waals surface area contributed by atoms with Crippen LogP contribution in [0, 0.1) is 31.0 Å². The van der Waals surface area contributed by atoms with Crippen molar-refractivity contribution in [2.45, 2.75) is 13.8 Å². The molecule has 0 radical (unpaired) electrons. The fourth-order valence-corrected chi connectivity index (χ4v) is 3.95. The molecule has 0 fully saturated rings. The number of nitrogens with zero attached hydrogens (tertiary/aromatic N) is 4. The quantitative estimate of drug-likeness (QED) is 0.389. The Hall–Kier alpha value is -4.24. The van der Waals surface area contributed by atoms with E-state index >= 15 is 0 Å². The molecule has 0 spiro atoms. The minimum atomic E-state index is -0.348. The summed E-state index contributed by atoms with van der Waals surface area (Å²) < 4.78 is 15.7. The number of rotatable bonds is 3. The molecule has 0 saturated heterocycles. The van der Waals surface area contributed by atoms with Crippen LogP contribution in [0.1, 0.15) is 22.8 Å². The number of fused-ring (bicyclic) bond motifs is 2. The third-order valence-corrected chi connectivity index (χ3v) is 5.43. The van der Waals surface area contributed by atoms with Crippen LogP contribution in [-0.2, 0) is 0 Å². The van der Waals surface area contributed by atoms with Crippen molar-refractivity contribution < 1.29 is 4.39 Å². The second kappa shape index (κ2) is 7.22. The van der Waals surface area contributed by atoms with E-state index in [0.29, 0.717) is 22.4 Å². The first kappa shape index (κ1) is 18.8. The summed E-state index contributed by atoms with van der Waals surface area (Å²) in [6.07, 6.45) is 3.60. The number of halogens is 1. The van der Waals surface area contributed by atoms with Gasteiger partial charge in [-0.05, 0) is 74.0 Å². The minimum absolute atomic E-state index is 0.348. The van der Waals surface area contributed by atoms with Gasteiger partial charge in [0.2, 0.25) is 0 Å². The first-order valence-corrected chi connectivity index (χ1v) is 9.85. The van der Waals surface area contributed by atoms with Gasteiger partial charge in [0.15, 0.2) is 0 Å². The lowest BCUT2D eigenvalue weighted by molar-refractivity contribution is 0.629. The highest BCUT2D eigenvalue weighted by Gasteiger charge is 2.13. The van der Waals surface area contributed by atoms with Crippen LogP contribution in [0.15, 0.2) is 60.8 Å². The zero-order valence-electron chi connectivity index (χ0n) is 17.0. The summed E-state index contributed by atoms with van der Waals surface area (Å²) in [6, 6.07) is 18.7. The highest BCUT2D eigenvalue weighted by molar-refractivity contribution is 5.91. The number of H-pyrrole nitrogens is 1. The van der Waals surface area contributed by atoms with Gasteiger partial charge in [-0.15, -0.1) is 0 Å². The molecule has 3 aromatic heterocycles. The monoisotopic (exact) mass is 407 g/mol. The number of aryl methyl sites for hydroxylation is 1. The molecule has 1 N–H and O–H groups in total. The van der Waals surface area contributed by atoms with Gasteiger partial charge in [0.25, 0.3) is 0 Å². The van der Waals surface area contributed by atoms with Gasteiger partial charge < -0.3 is 9.55 Å². The van der Waals surface area contributed by atoms with Crippen molar-refractivity contribution >= 4 is 33.6 Å². The molecule has 150 valence electrons. The fourth-order valence-electron chi connectivity index (χ4n) is 3.95. The molecule has 6 heteroatoms. The lowest BCUT2D eigenvalue weighted by Gasteiger charge is -2.10. The highest BCUT2D eigenvalue weighted by Crippen LogP contribution is 2.27. The van der Waals surface area contributed by atoms with Gasteiger partial charge in [-0.25, -0.2) is 9.37 Å². The number of hydrogen-bond acceptors (Lipinski definition) is 3. The van der Waals surface area contributed by atoms with Crippen LogP contribution in [0.4, 0.5) is 4.39 Å². The third kappa shape index (κ3) is 3.26. The number of benzene rings is 2. The third-order valence-electron chi connectivity index (χ3n) is 5.43. The molecule has 31 heavy (non-hydrogen) atoms. The van der Waals surface area contributed by atoms with E-state index in [0.717, 1.165) is 33.5 Å². The van der Waals surface area contributed by atoms with E-state index in [1.165, 1.54) is 12.1 Å². The Labute approximate surface area is 178 Å².